The summed E-state index contributed by atoms with van der Waals surface area (Å²) >= 11 is 5.94. The number of rotatable bonds is 7. The predicted octanol–water partition coefficient (Wildman–Crippen LogP) is 3.78. The molecule has 1 aromatic carbocycles. The van der Waals surface area contributed by atoms with Crippen LogP contribution in [0.15, 0.2) is 35.0 Å². The zero-order valence-electron chi connectivity index (χ0n) is 13.9. The standard InChI is InChI=1S/C19H25ClN2O2/c20-16-7-5-14(6-8-16)11-15-3-1-2-4-19(15)22-24-13-18(23)12-21-17-9-10-17/h5-8,11,17-18,21,23H,1-4,9-10,12-13H2/b15-11+,22-19+/t18-/m0/s1. The zero-order chi connectivity index (χ0) is 16.8. The van der Waals surface area contributed by atoms with E-state index in [2.05, 4.69) is 16.5 Å². The van der Waals surface area contributed by atoms with Crippen LogP contribution in [0.2, 0.25) is 5.02 Å². The fourth-order valence-corrected chi connectivity index (χ4v) is 2.91. The monoisotopic (exact) mass is 348 g/mol. The molecule has 0 radical (unpaired) electrons. The summed E-state index contributed by atoms with van der Waals surface area (Å²) in [6.45, 7) is 0.806. The van der Waals surface area contributed by atoms with Crippen molar-refractivity contribution in [2.24, 2.45) is 5.16 Å². The second-order valence-electron chi connectivity index (χ2n) is 6.60. The normalized spacial score (nSPS) is 22.8. The summed E-state index contributed by atoms with van der Waals surface area (Å²) in [6, 6.07) is 8.41. The van der Waals surface area contributed by atoms with Gasteiger partial charge in [0.2, 0.25) is 0 Å². The van der Waals surface area contributed by atoms with Crippen LogP contribution in [-0.4, -0.2) is 36.1 Å². The molecule has 0 amide bonds. The molecule has 2 fully saturated rings. The second kappa shape index (κ2) is 8.65. The van der Waals surface area contributed by atoms with Crippen molar-refractivity contribution in [1.82, 2.24) is 5.32 Å². The fourth-order valence-electron chi connectivity index (χ4n) is 2.78. The number of nitrogens with one attached hydrogen (secondary N) is 1. The van der Waals surface area contributed by atoms with Crippen molar-refractivity contribution >= 4 is 23.4 Å². The molecule has 1 aromatic rings. The van der Waals surface area contributed by atoms with E-state index in [1.165, 1.54) is 24.8 Å². The third kappa shape index (κ3) is 5.62. The molecule has 4 nitrogen and oxygen atoms in total. The molecule has 0 unspecified atom stereocenters. The smallest absolute Gasteiger partial charge is 0.144 e. The van der Waals surface area contributed by atoms with Gasteiger partial charge in [-0.3, -0.25) is 0 Å². The molecule has 2 aliphatic rings. The second-order valence-corrected chi connectivity index (χ2v) is 7.03. The van der Waals surface area contributed by atoms with Crippen molar-refractivity contribution in [3.05, 3.63) is 40.4 Å². The van der Waals surface area contributed by atoms with Gasteiger partial charge in [0, 0.05) is 17.6 Å². The van der Waals surface area contributed by atoms with Crippen LogP contribution in [0, 0.1) is 0 Å². The molecule has 0 spiro atoms. The highest BCUT2D eigenvalue weighted by molar-refractivity contribution is 6.30. The van der Waals surface area contributed by atoms with Crippen molar-refractivity contribution in [2.75, 3.05) is 13.2 Å². The molecule has 0 bridgehead atoms. The lowest BCUT2D eigenvalue weighted by Crippen LogP contribution is -2.31. The van der Waals surface area contributed by atoms with Crippen molar-refractivity contribution in [2.45, 2.75) is 50.7 Å². The fraction of sp³-hybridized carbons (Fsp3) is 0.526. The molecule has 0 saturated heterocycles. The van der Waals surface area contributed by atoms with Crippen molar-refractivity contribution in [3.8, 4) is 0 Å². The van der Waals surface area contributed by atoms with E-state index in [9.17, 15) is 5.11 Å². The van der Waals surface area contributed by atoms with Gasteiger partial charge in [0.05, 0.1) is 5.71 Å². The van der Waals surface area contributed by atoms with Crippen molar-refractivity contribution < 1.29 is 9.94 Å². The quantitative estimate of drug-likeness (QED) is 0.737. The maximum Gasteiger partial charge on any atom is 0.144 e. The first kappa shape index (κ1) is 17.5. The van der Waals surface area contributed by atoms with Gasteiger partial charge in [0.25, 0.3) is 0 Å². The summed E-state index contributed by atoms with van der Waals surface area (Å²) in [7, 11) is 0. The molecular formula is C19H25ClN2O2. The minimum absolute atomic E-state index is 0.234. The van der Waals surface area contributed by atoms with E-state index in [4.69, 9.17) is 16.4 Å². The van der Waals surface area contributed by atoms with E-state index in [0.29, 0.717) is 12.6 Å². The van der Waals surface area contributed by atoms with Crippen LogP contribution in [0.25, 0.3) is 6.08 Å². The molecule has 1 atom stereocenters. The van der Waals surface area contributed by atoms with Crippen LogP contribution >= 0.6 is 11.6 Å². The first-order valence-electron chi connectivity index (χ1n) is 8.77. The number of hydrogen-bond donors (Lipinski definition) is 2. The summed E-state index contributed by atoms with van der Waals surface area (Å²) in [5.41, 5.74) is 3.34. The van der Waals surface area contributed by atoms with Gasteiger partial charge in [-0.15, -0.1) is 0 Å². The average Bonchev–Trinajstić information content (AvgIpc) is 3.41. The van der Waals surface area contributed by atoms with Crippen LogP contribution in [0.4, 0.5) is 0 Å². The average molecular weight is 349 g/mol. The molecule has 5 heteroatoms. The van der Waals surface area contributed by atoms with Crippen LogP contribution in [-0.2, 0) is 4.84 Å². The summed E-state index contributed by atoms with van der Waals surface area (Å²) in [5.74, 6) is 0. The van der Waals surface area contributed by atoms with E-state index < -0.39 is 6.10 Å². The van der Waals surface area contributed by atoms with Crippen LogP contribution in [0.3, 0.4) is 0 Å². The molecule has 3 rings (SSSR count). The number of aliphatic hydroxyl groups excluding tert-OH is 1. The van der Waals surface area contributed by atoms with Crippen LogP contribution < -0.4 is 5.32 Å². The van der Waals surface area contributed by atoms with Gasteiger partial charge in [-0.05, 0) is 67.9 Å². The SMILES string of the molecule is O[C@@H](CNC1CC1)CO/N=C1\CCCC\C1=C/c1ccc(Cl)cc1. The number of aliphatic hydroxyl groups is 1. The van der Waals surface area contributed by atoms with E-state index >= 15 is 0 Å². The van der Waals surface area contributed by atoms with E-state index in [-0.39, 0.29) is 6.61 Å². The lowest BCUT2D eigenvalue weighted by atomic mass is 9.91. The molecule has 2 N–H and O–H groups in total. The van der Waals surface area contributed by atoms with Gasteiger partial charge in [-0.2, -0.15) is 0 Å². The minimum atomic E-state index is -0.512. The number of halogens is 1. The van der Waals surface area contributed by atoms with Gasteiger partial charge >= 0.3 is 0 Å². The van der Waals surface area contributed by atoms with Crippen LogP contribution in [0.1, 0.15) is 44.1 Å². The van der Waals surface area contributed by atoms with Crippen LogP contribution in [0.5, 0.6) is 0 Å². The van der Waals surface area contributed by atoms with E-state index in [1.807, 2.05) is 24.3 Å². The molecule has 24 heavy (non-hydrogen) atoms. The Morgan fingerprint density at radius 1 is 1.25 bits per heavy atom. The maximum absolute atomic E-state index is 9.90. The Hall–Kier alpha value is -1.36. The Morgan fingerprint density at radius 3 is 2.75 bits per heavy atom. The number of oxime groups is 1. The minimum Gasteiger partial charge on any atom is -0.393 e. The Bertz CT molecular complexity index is 594. The first-order chi connectivity index (χ1) is 11.7. The Balaban J connectivity index is 1.55. The highest BCUT2D eigenvalue weighted by Crippen LogP contribution is 2.24. The first-order valence-corrected chi connectivity index (χ1v) is 9.15. The molecule has 2 saturated carbocycles. The van der Waals surface area contributed by atoms with Gasteiger partial charge in [0.1, 0.15) is 12.7 Å². The van der Waals surface area contributed by atoms with Gasteiger partial charge < -0.3 is 15.3 Å². The molecular weight excluding hydrogens is 324 g/mol. The lowest BCUT2D eigenvalue weighted by Gasteiger charge is -2.17. The highest BCUT2D eigenvalue weighted by Gasteiger charge is 2.21. The number of hydrogen-bond acceptors (Lipinski definition) is 4. The number of nitrogens with zero attached hydrogens (tertiary/aromatic N) is 1. The predicted molar refractivity (Wildman–Crippen MR) is 98.3 cm³/mol. The third-order valence-corrected chi connectivity index (χ3v) is 4.60. The molecule has 0 aliphatic heterocycles. The highest BCUT2D eigenvalue weighted by atomic mass is 35.5. The molecule has 0 aromatic heterocycles. The number of benzene rings is 1. The lowest BCUT2D eigenvalue weighted by molar-refractivity contribution is 0.0398. The molecule has 0 heterocycles. The summed E-state index contributed by atoms with van der Waals surface area (Å²) in [4.78, 5) is 5.41. The van der Waals surface area contributed by atoms with Gasteiger partial charge in [-0.25, -0.2) is 0 Å². The van der Waals surface area contributed by atoms with E-state index in [1.54, 1.807) is 0 Å². The Kier molecular flexibility index (Phi) is 6.30. The van der Waals surface area contributed by atoms with E-state index in [0.717, 1.165) is 35.6 Å². The Morgan fingerprint density at radius 2 is 2.00 bits per heavy atom. The summed E-state index contributed by atoms with van der Waals surface area (Å²) in [6.07, 6.45) is 8.32. The molecule has 130 valence electrons. The number of allylic oxidation sites excluding steroid dienone is 1. The van der Waals surface area contributed by atoms with Gasteiger partial charge in [0.15, 0.2) is 0 Å². The Labute approximate surface area is 148 Å². The topological polar surface area (TPSA) is 53.8 Å². The molecule has 2 aliphatic carbocycles. The van der Waals surface area contributed by atoms with Crippen molar-refractivity contribution in [1.29, 1.82) is 0 Å². The zero-order valence-corrected chi connectivity index (χ0v) is 14.6. The summed E-state index contributed by atoms with van der Waals surface area (Å²) in [5, 5.41) is 18.2. The van der Waals surface area contributed by atoms with Gasteiger partial charge in [-0.1, -0.05) is 28.9 Å². The largest absolute Gasteiger partial charge is 0.393 e. The summed E-state index contributed by atoms with van der Waals surface area (Å²) < 4.78 is 0. The maximum atomic E-state index is 9.90. The third-order valence-electron chi connectivity index (χ3n) is 4.35. The van der Waals surface area contributed by atoms with Crippen molar-refractivity contribution in [3.63, 3.8) is 0 Å².